The number of rotatable bonds is 7. The van der Waals surface area contributed by atoms with Crippen molar-refractivity contribution in [1.82, 2.24) is 25.4 Å². The van der Waals surface area contributed by atoms with Crippen molar-refractivity contribution in [2.45, 2.75) is 19.9 Å². The summed E-state index contributed by atoms with van der Waals surface area (Å²) in [6.45, 7) is 1.58. The maximum Gasteiger partial charge on any atom is 0.249 e. The first-order valence-electron chi connectivity index (χ1n) is 8.99. The van der Waals surface area contributed by atoms with E-state index < -0.39 is 0 Å². The Labute approximate surface area is 174 Å². The fraction of sp³-hybridized carbons (Fsp3) is 0.158. The number of thiophene rings is 1. The summed E-state index contributed by atoms with van der Waals surface area (Å²) in [4.78, 5) is 26.6. The molecule has 0 fully saturated rings. The van der Waals surface area contributed by atoms with Gasteiger partial charge in [-0.25, -0.2) is 0 Å². The molecule has 1 aromatic carbocycles. The van der Waals surface area contributed by atoms with Crippen LogP contribution in [0, 0.1) is 6.92 Å². The van der Waals surface area contributed by atoms with Gasteiger partial charge in [0.05, 0.1) is 12.1 Å². The third kappa shape index (κ3) is 4.75. The Bertz CT molecular complexity index is 1170. The molecule has 3 heterocycles. The van der Waals surface area contributed by atoms with Crippen molar-refractivity contribution < 1.29 is 14.1 Å². The SMILES string of the molecule is Cc1cc(NC(=O)Cn2nnc(-c3ccccc3NC(=O)Cc3cccs3)n2)no1. The van der Waals surface area contributed by atoms with E-state index in [1.807, 2.05) is 29.6 Å². The van der Waals surface area contributed by atoms with Gasteiger partial charge in [-0.1, -0.05) is 23.4 Å². The molecule has 0 aliphatic heterocycles. The zero-order valence-electron chi connectivity index (χ0n) is 15.9. The Balaban J connectivity index is 1.44. The van der Waals surface area contributed by atoms with Crippen LogP contribution >= 0.6 is 11.3 Å². The number of para-hydroxylation sites is 1. The normalized spacial score (nSPS) is 10.7. The highest BCUT2D eigenvalue weighted by atomic mass is 32.1. The largest absolute Gasteiger partial charge is 0.360 e. The van der Waals surface area contributed by atoms with Crippen molar-refractivity contribution in [2.75, 3.05) is 10.6 Å². The lowest BCUT2D eigenvalue weighted by Gasteiger charge is -2.08. The fourth-order valence-corrected chi connectivity index (χ4v) is 3.41. The van der Waals surface area contributed by atoms with Crippen molar-refractivity contribution in [3.8, 4) is 11.4 Å². The van der Waals surface area contributed by atoms with Gasteiger partial charge >= 0.3 is 0 Å². The molecule has 4 aromatic rings. The maximum absolute atomic E-state index is 12.4. The van der Waals surface area contributed by atoms with Crippen LogP contribution in [-0.2, 0) is 22.6 Å². The number of tetrazole rings is 1. The van der Waals surface area contributed by atoms with Gasteiger partial charge in [0.2, 0.25) is 17.6 Å². The van der Waals surface area contributed by atoms with Gasteiger partial charge in [-0.05, 0) is 35.7 Å². The summed E-state index contributed by atoms with van der Waals surface area (Å²) in [6.07, 6.45) is 0.286. The van der Waals surface area contributed by atoms with Gasteiger partial charge in [0.1, 0.15) is 12.3 Å². The van der Waals surface area contributed by atoms with E-state index in [1.165, 1.54) is 16.1 Å². The van der Waals surface area contributed by atoms with Gasteiger partial charge in [-0.2, -0.15) is 4.80 Å². The number of aryl methyl sites for hydroxylation is 1. The third-order valence-corrected chi connectivity index (χ3v) is 4.87. The van der Waals surface area contributed by atoms with Crippen LogP contribution in [0.15, 0.2) is 52.4 Å². The Morgan fingerprint density at radius 2 is 2.00 bits per heavy atom. The maximum atomic E-state index is 12.4. The predicted octanol–water partition coefficient (Wildman–Crippen LogP) is 2.52. The van der Waals surface area contributed by atoms with Gasteiger partial charge in [-0.15, -0.1) is 21.5 Å². The van der Waals surface area contributed by atoms with E-state index in [4.69, 9.17) is 4.52 Å². The molecule has 0 unspecified atom stereocenters. The zero-order chi connectivity index (χ0) is 20.9. The minimum atomic E-state index is -0.371. The highest BCUT2D eigenvalue weighted by Gasteiger charge is 2.15. The molecule has 0 aliphatic carbocycles. The number of aromatic nitrogens is 5. The first kappa shape index (κ1) is 19.5. The molecule has 0 atom stereocenters. The molecule has 4 rings (SSSR count). The molecular formula is C19H17N7O3S. The number of carbonyl (C=O) groups is 2. The summed E-state index contributed by atoms with van der Waals surface area (Å²) in [7, 11) is 0. The number of hydrogen-bond donors (Lipinski definition) is 2. The summed E-state index contributed by atoms with van der Waals surface area (Å²) in [6, 6.07) is 12.6. The molecule has 11 heteroatoms. The van der Waals surface area contributed by atoms with Gasteiger partial charge in [0, 0.05) is 16.5 Å². The second kappa shape index (κ2) is 8.66. The topological polar surface area (TPSA) is 128 Å². The van der Waals surface area contributed by atoms with Crippen LogP contribution in [0.4, 0.5) is 11.5 Å². The smallest absolute Gasteiger partial charge is 0.249 e. The van der Waals surface area contributed by atoms with E-state index in [9.17, 15) is 9.59 Å². The van der Waals surface area contributed by atoms with Gasteiger partial charge in [-0.3, -0.25) is 9.59 Å². The van der Waals surface area contributed by atoms with Crippen molar-refractivity contribution in [3.05, 3.63) is 58.5 Å². The first-order valence-corrected chi connectivity index (χ1v) is 9.87. The minimum Gasteiger partial charge on any atom is -0.360 e. The lowest BCUT2D eigenvalue weighted by atomic mass is 10.1. The second-order valence-corrected chi connectivity index (χ2v) is 7.40. The number of carbonyl (C=O) groups excluding carboxylic acids is 2. The van der Waals surface area contributed by atoms with Crippen LogP contribution in [0.5, 0.6) is 0 Å². The van der Waals surface area contributed by atoms with Crippen LogP contribution in [-0.4, -0.2) is 37.2 Å². The van der Waals surface area contributed by atoms with Crippen molar-refractivity contribution in [3.63, 3.8) is 0 Å². The quantitative estimate of drug-likeness (QED) is 0.467. The Kier molecular flexibility index (Phi) is 5.61. The van der Waals surface area contributed by atoms with E-state index in [1.54, 1.807) is 25.1 Å². The Hall–Kier alpha value is -3.86. The molecule has 152 valence electrons. The number of nitrogens with one attached hydrogen (secondary N) is 2. The molecule has 0 spiro atoms. The second-order valence-electron chi connectivity index (χ2n) is 6.36. The lowest BCUT2D eigenvalue weighted by molar-refractivity contribution is -0.117. The lowest BCUT2D eigenvalue weighted by Crippen LogP contribution is -2.20. The molecular weight excluding hydrogens is 406 g/mol. The molecule has 2 amide bonds. The van der Waals surface area contributed by atoms with Crippen molar-refractivity contribution in [2.24, 2.45) is 0 Å². The number of hydrogen-bond acceptors (Lipinski definition) is 8. The Morgan fingerprint density at radius 3 is 2.77 bits per heavy atom. The van der Waals surface area contributed by atoms with Crippen molar-refractivity contribution >= 4 is 34.7 Å². The van der Waals surface area contributed by atoms with E-state index in [-0.39, 0.29) is 24.8 Å². The van der Waals surface area contributed by atoms with Gasteiger partial charge < -0.3 is 15.2 Å². The molecule has 10 nitrogen and oxygen atoms in total. The van der Waals surface area contributed by atoms with E-state index in [2.05, 4.69) is 31.2 Å². The molecule has 30 heavy (non-hydrogen) atoms. The van der Waals surface area contributed by atoms with Gasteiger partial charge in [0.15, 0.2) is 5.82 Å². The average molecular weight is 423 g/mol. The monoisotopic (exact) mass is 423 g/mol. The fourth-order valence-electron chi connectivity index (χ4n) is 2.71. The standard InChI is InChI=1S/C19H17N7O3S/c1-12-9-16(24-29-12)21-18(28)11-26-23-19(22-25-26)14-6-2-3-7-15(14)20-17(27)10-13-5-4-8-30-13/h2-9H,10-11H2,1H3,(H,20,27)(H,21,24,28). The Morgan fingerprint density at radius 1 is 1.13 bits per heavy atom. The molecule has 0 bridgehead atoms. The molecule has 0 aliphatic rings. The molecule has 0 radical (unpaired) electrons. The third-order valence-electron chi connectivity index (χ3n) is 3.99. The van der Waals surface area contributed by atoms with E-state index in [0.717, 1.165) is 4.88 Å². The highest BCUT2D eigenvalue weighted by molar-refractivity contribution is 7.10. The number of benzene rings is 1. The highest BCUT2D eigenvalue weighted by Crippen LogP contribution is 2.24. The zero-order valence-corrected chi connectivity index (χ0v) is 16.7. The van der Waals surface area contributed by atoms with Crippen LogP contribution in [0.1, 0.15) is 10.6 Å². The molecule has 3 aromatic heterocycles. The average Bonchev–Trinajstić information content (AvgIpc) is 3.46. The van der Waals surface area contributed by atoms with Crippen LogP contribution < -0.4 is 10.6 Å². The summed E-state index contributed by atoms with van der Waals surface area (Å²) >= 11 is 1.53. The number of nitrogens with zero attached hydrogens (tertiary/aromatic N) is 5. The van der Waals surface area contributed by atoms with Crippen LogP contribution in [0.3, 0.4) is 0 Å². The summed E-state index contributed by atoms with van der Waals surface area (Å²) in [5.74, 6) is 0.692. The van der Waals surface area contributed by atoms with Crippen LogP contribution in [0.25, 0.3) is 11.4 Å². The number of amides is 2. The minimum absolute atomic E-state index is 0.139. The van der Waals surface area contributed by atoms with Crippen molar-refractivity contribution in [1.29, 1.82) is 0 Å². The summed E-state index contributed by atoms with van der Waals surface area (Å²) in [5, 5.41) is 23.3. The summed E-state index contributed by atoms with van der Waals surface area (Å²) < 4.78 is 4.91. The van der Waals surface area contributed by atoms with E-state index in [0.29, 0.717) is 28.7 Å². The van der Waals surface area contributed by atoms with Gasteiger partial charge in [0.25, 0.3) is 0 Å². The number of anilines is 2. The molecule has 0 saturated carbocycles. The molecule has 2 N–H and O–H groups in total. The molecule has 0 saturated heterocycles. The van der Waals surface area contributed by atoms with E-state index >= 15 is 0 Å². The summed E-state index contributed by atoms with van der Waals surface area (Å²) in [5.41, 5.74) is 1.18. The first-order chi connectivity index (χ1) is 14.6. The van der Waals surface area contributed by atoms with Crippen LogP contribution in [0.2, 0.25) is 0 Å². The predicted molar refractivity (Wildman–Crippen MR) is 110 cm³/mol.